The number of pyridine rings is 1. The number of anilines is 4. The Balaban J connectivity index is 1.50. The lowest BCUT2D eigenvalue weighted by Gasteiger charge is -2.24. The third kappa shape index (κ3) is 6.29. The van der Waals surface area contributed by atoms with Crippen molar-refractivity contribution < 1.29 is 14.3 Å². The van der Waals surface area contributed by atoms with Gasteiger partial charge in [0.1, 0.15) is 17.2 Å². The lowest BCUT2D eigenvalue weighted by atomic mass is 9.99. The normalized spacial score (nSPS) is 15.4. The van der Waals surface area contributed by atoms with Crippen LogP contribution in [0.2, 0.25) is 0 Å². The summed E-state index contributed by atoms with van der Waals surface area (Å²) in [6.45, 7) is 6.74. The molecule has 4 rings (SSSR count). The first kappa shape index (κ1) is 25.8. The molecule has 1 aliphatic rings. The molecule has 0 aliphatic carbocycles. The molecule has 0 spiro atoms. The van der Waals surface area contributed by atoms with E-state index < -0.39 is 5.60 Å². The zero-order valence-electron chi connectivity index (χ0n) is 21.8. The van der Waals surface area contributed by atoms with Crippen LogP contribution in [0, 0.1) is 0 Å². The summed E-state index contributed by atoms with van der Waals surface area (Å²) in [6, 6.07) is 9.13. The molecule has 0 saturated carbocycles. The number of benzene rings is 1. The van der Waals surface area contributed by atoms with Crippen LogP contribution in [0.25, 0.3) is 11.1 Å². The Bertz CT molecular complexity index is 1300. The van der Waals surface area contributed by atoms with Crippen LogP contribution in [0.15, 0.2) is 42.7 Å². The van der Waals surface area contributed by atoms with Gasteiger partial charge in [-0.2, -0.15) is 5.10 Å². The lowest BCUT2D eigenvalue weighted by Crippen LogP contribution is -2.36. The first-order valence-corrected chi connectivity index (χ1v) is 12.2. The molecule has 3 heterocycles. The number of nitrogens with two attached hydrogens (primary N) is 1. The molecular weight excluding hydrogens is 472 g/mol. The Morgan fingerprint density at radius 2 is 1.95 bits per heavy atom. The summed E-state index contributed by atoms with van der Waals surface area (Å²) < 4.78 is 7.16. The van der Waals surface area contributed by atoms with Crippen LogP contribution >= 0.6 is 0 Å². The number of nitrogens with zero attached hydrogens (tertiary/aromatic N) is 4. The summed E-state index contributed by atoms with van der Waals surface area (Å²) in [5.74, 6) is 1.02. The predicted octanol–water partition coefficient (Wildman–Crippen LogP) is 3.59. The highest BCUT2D eigenvalue weighted by Gasteiger charge is 2.30. The van der Waals surface area contributed by atoms with Crippen LogP contribution in [-0.4, -0.2) is 63.4 Å². The summed E-state index contributed by atoms with van der Waals surface area (Å²) in [7, 11) is 3.40. The summed E-state index contributed by atoms with van der Waals surface area (Å²) >= 11 is 0. The van der Waals surface area contributed by atoms with Gasteiger partial charge in [-0.25, -0.2) is 9.78 Å². The second kappa shape index (κ2) is 10.4. The summed E-state index contributed by atoms with van der Waals surface area (Å²) in [4.78, 5) is 31.3. The zero-order valence-corrected chi connectivity index (χ0v) is 21.8. The third-order valence-electron chi connectivity index (χ3n) is 5.88. The monoisotopic (exact) mass is 506 g/mol. The largest absolute Gasteiger partial charge is 0.444 e. The van der Waals surface area contributed by atoms with Crippen molar-refractivity contribution in [2.75, 3.05) is 36.5 Å². The molecule has 2 aromatic heterocycles. The first-order chi connectivity index (χ1) is 17.5. The molecule has 3 aromatic rings. The van der Waals surface area contributed by atoms with Crippen LogP contribution < -0.4 is 21.7 Å². The van der Waals surface area contributed by atoms with Gasteiger partial charge in [-0.15, -0.1) is 0 Å². The molecule has 1 aliphatic heterocycles. The molecule has 0 bridgehead atoms. The Morgan fingerprint density at radius 3 is 2.62 bits per heavy atom. The standard InChI is InChI=1S/C26H34N8O3/c1-26(2,3)37-25(36)34-10-9-17(15-34)30-22-7-6-8-23(32-22)31-21-12-18(16-13-29-33(5)14-16)19(11-20(21)27)24(35)28-4/h6-8,11-14,17H,9-10,15,27H2,1-5H3,(H,28,35)(H2,30,31,32). The molecule has 1 aromatic carbocycles. The van der Waals surface area contributed by atoms with E-state index in [0.717, 1.165) is 12.0 Å². The van der Waals surface area contributed by atoms with Crippen LogP contribution in [0.4, 0.5) is 27.8 Å². The Hall–Kier alpha value is -4.28. The van der Waals surface area contributed by atoms with Gasteiger partial charge in [0.2, 0.25) is 0 Å². The maximum atomic E-state index is 12.5. The molecule has 1 atom stereocenters. The van der Waals surface area contributed by atoms with Crippen molar-refractivity contribution in [2.45, 2.75) is 38.8 Å². The van der Waals surface area contributed by atoms with Crippen molar-refractivity contribution in [3.63, 3.8) is 0 Å². The molecule has 11 nitrogen and oxygen atoms in total. The number of hydrogen-bond donors (Lipinski definition) is 4. The van der Waals surface area contributed by atoms with Gasteiger partial charge >= 0.3 is 6.09 Å². The summed E-state index contributed by atoms with van der Waals surface area (Å²) in [5.41, 5.74) is 8.77. The highest BCUT2D eigenvalue weighted by atomic mass is 16.6. The minimum Gasteiger partial charge on any atom is -0.444 e. The van der Waals surface area contributed by atoms with Crippen LogP contribution in [0.1, 0.15) is 37.6 Å². The number of aryl methyl sites for hydroxylation is 1. The molecule has 0 radical (unpaired) electrons. The number of carbonyl (C=O) groups is 2. The summed E-state index contributed by atoms with van der Waals surface area (Å²) in [6.07, 6.45) is 4.03. The predicted molar refractivity (Wildman–Crippen MR) is 144 cm³/mol. The average molecular weight is 507 g/mol. The minimum atomic E-state index is -0.526. The molecule has 2 amide bonds. The molecule has 1 saturated heterocycles. The van der Waals surface area contributed by atoms with E-state index in [1.54, 1.807) is 28.9 Å². The van der Waals surface area contributed by atoms with Gasteiger partial charge in [0.15, 0.2) is 0 Å². The van der Waals surface area contributed by atoms with E-state index >= 15 is 0 Å². The molecule has 37 heavy (non-hydrogen) atoms. The van der Waals surface area contributed by atoms with E-state index in [0.29, 0.717) is 47.2 Å². The SMILES string of the molecule is CNC(=O)c1cc(N)c(Nc2cccc(NC3CCN(C(=O)OC(C)(C)C)C3)n2)cc1-c1cnn(C)c1. The van der Waals surface area contributed by atoms with Gasteiger partial charge in [-0.1, -0.05) is 6.07 Å². The number of hydrogen-bond acceptors (Lipinski definition) is 8. The highest BCUT2D eigenvalue weighted by Crippen LogP contribution is 2.33. The molecule has 11 heteroatoms. The number of amides is 2. The van der Waals surface area contributed by atoms with Crippen molar-refractivity contribution in [2.24, 2.45) is 7.05 Å². The van der Waals surface area contributed by atoms with Crippen molar-refractivity contribution in [3.05, 3.63) is 48.3 Å². The van der Waals surface area contributed by atoms with Gasteiger partial charge < -0.3 is 31.3 Å². The highest BCUT2D eigenvalue weighted by molar-refractivity contribution is 6.03. The number of ether oxygens (including phenoxy) is 1. The van der Waals surface area contributed by atoms with Crippen molar-refractivity contribution >= 4 is 35.0 Å². The number of rotatable bonds is 6. The maximum absolute atomic E-state index is 12.5. The Labute approximate surface area is 216 Å². The quantitative estimate of drug-likeness (QED) is 0.372. The average Bonchev–Trinajstić information content (AvgIpc) is 3.48. The number of nitrogens with one attached hydrogen (secondary N) is 3. The van der Waals surface area contributed by atoms with Gasteiger partial charge in [0.25, 0.3) is 5.91 Å². The van der Waals surface area contributed by atoms with Crippen LogP contribution in [-0.2, 0) is 11.8 Å². The lowest BCUT2D eigenvalue weighted by molar-refractivity contribution is 0.0293. The molecule has 1 unspecified atom stereocenters. The first-order valence-electron chi connectivity index (χ1n) is 12.2. The van der Waals surface area contributed by atoms with Crippen molar-refractivity contribution in [3.8, 4) is 11.1 Å². The topological polar surface area (TPSA) is 139 Å². The second-order valence-corrected chi connectivity index (χ2v) is 10.1. The van der Waals surface area contributed by atoms with E-state index in [1.165, 1.54) is 0 Å². The summed E-state index contributed by atoms with van der Waals surface area (Å²) in [5, 5.41) is 13.6. The fourth-order valence-corrected chi connectivity index (χ4v) is 4.15. The van der Waals surface area contributed by atoms with Gasteiger partial charge in [-0.05, 0) is 57.0 Å². The Morgan fingerprint density at radius 1 is 1.19 bits per heavy atom. The maximum Gasteiger partial charge on any atom is 0.410 e. The van der Waals surface area contributed by atoms with E-state index in [-0.39, 0.29) is 18.0 Å². The second-order valence-electron chi connectivity index (χ2n) is 10.1. The van der Waals surface area contributed by atoms with E-state index in [4.69, 9.17) is 10.5 Å². The van der Waals surface area contributed by atoms with Gasteiger partial charge in [0.05, 0.1) is 17.6 Å². The fourth-order valence-electron chi connectivity index (χ4n) is 4.15. The fraction of sp³-hybridized carbons (Fsp3) is 0.385. The molecular formula is C26H34N8O3. The number of carbonyl (C=O) groups excluding carboxylic acids is 2. The number of nitrogen functional groups attached to an aromatic ring is 1. The van der Waals surface area contributed by atoms with Gasteiger partial charge in [-0.3, -0.25) is 9.48 Å². The molecule has 196 valence electrons. The van der Waals surface area contributed by atoms with Crippen molar-refractivity contribution in [1.82, 2.24) is 25.0 Å². The molecule has 5 N–H and O–H groups in total. The zero-order chi connectivity index (χ0) is 26.7. The van der Waals surface area contributed by atoms with Crippen LogP contribution in [0.5, 0.6) is 0 Å². The van der Waals surface area contributed by atoms with E-state index in [1.807, 2.05) is 58.3 Å². The Kier molecular flexibility index (Phi) is 7.23. The van der Waals surface area contributed by atoms with Crippen LogP contribution in [0.3, 0.4) is 0 Å². The third-order valence-corrected chi connectivity index (χ3v) is 5.88. The van der Waals surface area contributed by atoms with Crippen molar-refractivity contribution in [1.29, 1.82) is 0 Å². The number of aromatic nitrogens is 3. The van der Waals surface area contributed by atoms with E-state index in [9.17, 15) is 9.59 Å². The van der Waals surface area contributed by atoms with Gasteiger partial charge in [0, 0.05) is 50.6 Å². The minimum absolute atomic E-state index is 0.0596. The van der Waals surface area contributed by atoms with E-state index in [2.05, 4.69) is 26.0 Å². The smallest absolute Gasteiger partial charge is 0.410 e. The molecule has 1 fully saturated rings. The number of likely N-dealkylation sites (tertiary alicyclic amines) is 1.